The number of carbonyl (C=O) groups is 1. The molecule has 1 amide bonds. The van der Waals surface area contributed by atoms with Crippen LogP contribution in [-0.2, 0) is 0 Å². The van der Waals surface area contributed by atoms with E-state index in [1.165, 1.54) is 13.3 Å². The van der Waals surface area contributed by atoms with E-state index in [1.807, 2.05) is 37.3 Å². The van der Waals surface area contributed by atoms with Gasteiger partial charge in [0.15, 0.2) is 11.5 Å². The van der Waals surface area contributed by atoms with E-state index in [4.69, 9.17) is 14.2 Å². The van der Waals surface area contributed by atoms with Crippen LogP contribution in [0.5, 0.6) is 17.2 Å². The Morgan fingerprint density at radius 3 is 2.38 bits per heavy atom. The summed E-state index contributed by atoms with van der Waals surface area (Å²) in [6.07, 6.45) is 1.54. The van der Waals surface area contributed by atoms with E-state index in [0.717, 1.165) is 20.8 Å². The van der Waals surface area contributed by atoms with Gasteiger partial charge in [-0.2, -0.15) is 5.10 Å². The maximum atomic E-state index is 12.7. The number of hydrogen-bond acceptors (Lipinski definition) is 5. The third kappa shape index (κ3) is 4.68. The predicted molar refractivity (Wildman–Crippen MR) is 117 cm³/mol. The van der Waals surface area contributed by atoms with Crippen LogP contribution in [0.15, 0.2) is 58.1 Å². The first-order valence-electron chi connectivity index (χ1n) is 8.97. The number of carbonyl (C=O) groups excluding carboxylic acids is 1. The van der Waals surface area contributed by atoms with Gasteiger partial charge in [0.1, 0.15) is 5.75 Å². The monoisotopic (exact) mass is 456 g/mol. The van der Waals surface area contributed by atoms with Crippen LogP contribution >= 0.6 is 15.9 Å². The predicted octanol–water partition coefficient (Wildman–Crippen LogP) is 4.78. The highest BCUT2D eigenvalue weighted by Gasteiger charge is 2.13. The van der Waals surface area contributed by atoms with Gasteiger partial charge in [-0.1, -0.05) is 24.3 Å². The zero-order valence-electron chi connectivity index (χ0n) is 16.4. The molecule has 0 radical (unpaired) electrons. The Morgan fingerprint density at radius 2 is 1.72 bits per heavy atom. The van der Waals surface area contributed by atoms with Crippen LogP contribution in [0.1, 0.15) is 22.8 Å². The number of hydrazone groups is 1. The van der Waals surface area contributed by atoms with Crippen LogP contribution in [0.3, 0.4) is 0 Å². The SMILES string of the molecule is CCOc1cc(C=NNC(=O)c2cc3ccccc3cc2OC)c(Br)cc1OC. The van der Waals surface area contributed by atoms with E-state index in [2.05, 4.69) is 26.5 Å². The molecule has 0 saturated heterocycles. The smallest absolute Gasteiger partial charge is 0.275 e. The van der Waals surface area contributed by atoms with E-state index in [-0.39, 0.29) is 5.91 Å². The molecule has 0 fully saturated rings. The standard InChI is InChI=1S/C22H21BrN2O4/c1-4-29-21-11-16(18(23)12-20(21)28-3)13-24-25-22(26)17-9-14-7-5-6-8-15(14)10-19(17)27-2/h5-13H,4H2,1-3H3,(H,25,26). The molecule has 0 spiro atoms. The summed E-state index contributed by atoms with van der Waals surface area (Å²) in [7, 11) is 3.11. The van der Waals surface area contributed by atoms with Crippen molar-refractivity contribution in [2.45, 2.75) is 6.92 Å². The van der Waals surface area contributed by atoms with Crippen molar-refractivity contribution in [3.8, 4) is 17.2 Å². The summed E-state index contributed by atoms with van der Waals surface area (Å²) in [6, 6.07) is 15.0. The summed E-state index contributed by atoms with van der Waals surface area (Å²) < 4.78 is 17.0. The first-order chi connectivity index (χ1) is 14.1. The lowest BCUT2D eigenvalue weighted by Crippen LogP contribution is -2.18. The Labute approximate surface area is 177 Å². The van der Waals surface area contributed by atoms with Gasteiger partial charge in [-0.05, 0) is 57.9 Å². The van der Waals surface area contributed by atoms with Gasteiger partial charge in [-0.3, -0.25) is 4.79 Å². The minimum Gasteiger partial charge on any atom is -0.496 e. The first kappa shape index (κ1) is 20.7. The van der Waals surface area contributed by atoms with Crippen molar-refractivity contribution < 1.29 is 19.0 Å². The molecular formula is C22H21BrN2O4. The molecule has 1 N–H and O–H groups in total. The molecule has 0 aliphatic heterocycles. The van der Waals surface area contributed by atoms with Crippen molar-refractivity contribution in [3.63, 3.8) is 0 Å². The lowest BCUT2D eigenvalue weighted by molar-refractivity contribution is 0.0952. The number of amides is 1. The molecule has 0 aliphatic rings. The number of hydrogen-bond donors (Lipinski definition) is 1. The van der Waals surface area contributed by atoms with E-state index < -0.39 is 0 Å². The number of fused-ring (bicyclic) bond motifs is 1. The fourth-order valence-corrected chi connectivity index (χ4v) is 3.29. The molecule has 0 aromatic heterocycles. The fourth-order valence-electron chi connectivity index (χ4n) is 2.86. The zero-order chi connectivity index (χ0) is 20.8. The molecule has 0 bridgehead atoms. The van der Waals surface area contributed by atoms with Crippen LogP contribution in [0.4, 0.5) is 0 Å². The van der Waals surface area contributed by atoms with Crippen LogP contribution in [0.25, 0.3) is 10.8 Å². The average Bonchev–Trinajstić information content (AvgIpc) is 2.74. The van der Waals surface area contributed by atoms with Gasteiger partial charge in [0.25, 0.3) is 5.91 Å². The number of benzene rings is 3. The van der Waals surface area contributed by atoms with Gasteiger partial charge in [0.2, 0.25) is 0 Å². The zero-order valence-corrected chi connectivity index (χ0v) is 17.9. The molecule has 0 saturated carbocycles. The van der Waals surface area contributed by atoms with Crippen LogP contribution in [-0.4, -0.2) is 32.9 Å². The van der Waals surface area contributed by atoms with E-state index in [9.17, 15) is 4.79 Å². The Hall–Kier alpha value is -3.06. The minimum absolute atomic E-state index is 0.362. The Morgan fingerprint density at radius 1 is 1.03 bits per heavy atom. The summed E-state index contributed by atoms with van der Waals surface area (Å²) in [5, 5.41) is 6.03. The molecule has 0 atom stereocenters. The molecule has 3 aromatic rings. The maximum absolute atomic E-state index is 12.7. The lowest BCUT2D eigenvalue weighted by Gasteiger charge is -2.11. The largest absolute Gasteiger partial charge is 0.496 e. The highest BCUT2D eigenvalue weighted by Crippen LogP contribution is 2.33. The van der Waals surface area contributed by atoms with Gasteiger partial charge in [-0.25, -0.2) is 5.43 Å². The third-order valence-electron chi connectivity index (χ3n) is 4.26. The number of methoxy groups -OCH3 is 2. The number of rotatable bonds is 7. The van der Waals surface area contributed by atoms with Gasteiger partial charge < -0.3 is 14.2 Å². The third-order valence-corrected chi connectivity index (χ3v) is 4.95. The van der Waals surface area contributed by atoms with E-state index in [1.54, 1.807) is 25.3 Å². The molecule has 0 aliphatic carbocycles. The molecule has 0 heterocycles. The van der Waals surface area contributed by atoms with Gasteiger partial charge in [-0.15, -0.1) is 0 Å². The topological polar surface area (TPSA) is 69.2 Å². The number of nitrogens with zero attached hydrogens (tertiary/aromatic N) is 1. The number of nitrogens with one attached hydrogen (secondary N) is 1. The number of ether oxygens (including phenoxy) is 3. The second-order valence-corrected chi connectivity index (χ2v) is 6.91. The summed E-state index contributed by atoms with van der Waals surface area (Å²) in [5.41, 5.74) is 3.70. The molecule has 150 valence electrons. The minimum atomic E-state index is -0.362. The molecule has 7 heteroatoms. The van der Waals surface area contributed by atoms with Crippen molar-refractivity contribution >= 4 is 38.8 Å². The Kier molecular flexibility index (Phi) is 6.72. The molecule has 3 aromatic carbocycles. The molecule has 6 nitrogen and oxygen atoms in total. The van der Waals surface area contributed by atoms with Crippen LogP contribution in [0, 0.1) is 0 Å². The average molecular weight is 457 g/mol. The first-order valence-corrected chi connectivity index (χ1v) is 9.77. The highest BCUT2D eigenvalue weighted by atomic mass is 79.9. The van der Waals surface area contributed by atoms with Crippen molar-refractivity contribution in [1.29, 1.82) is 0 Å². The van der Waals surface area contributed by atoms with Crippen molar-refractivity contribution in [1.82, 2.24) is 5.43 Å². The maximum Gasteiger partial charge on any atom is 0.275 e. The fraction of sp³-hybridized carbons (Fsp3) is 0.182. The summed E-state index contributed by atoms with van der Waals surface area (Å²) in [5.74, 6) is 1.34. The lowest BCUT2D eigenvalue weighted by atomic mass is 10.1. The van der Waals surface area contributed by atoms with Crippen LogP contribution < -0.4 is 19.6 Å². The molecular weight excluding hydrogens is 436 g/mol. The highest BCUT2D eigenvalue weighted by molar-refractivity contribution is 9.10. The Balaban J connectivity index is 1.83. The van der Waals surface area contributed by atoms with E-state index in [0.29, 0.717) is 29.4 Å². The second-order valence-electron chi connectivity index (χ2n) is 6.06. The van der Waals surface area contributed by atoms with E-state index >= 15 is 0 Å². The second kappa shape index (κ2) is 9.43. The molecule has 0 unspecified atom stereocenters. The van der Waals surface area contributed by atoms with Crippen molar-refractivity contribution in [3.05, 3.63) is 64.1 Å². The Bertz CT molecular complexity index is 1070. The van der Waals surface area contributed by atoms with Gasteiger partial charge in [0.05, 0.1) is 32.6 Å². The van der Waals surface area contributed by atoms with Gasteiger partial charge in [0, 0.05) is 10.0 Å². The van der Waals surface area contributed by atoms with Crippen molar-refractivity contribution in [2.75, 3.05) is 20.8 Å². The summed E-state index contributed by atoms with van der Waals surface area (Å²) in [6.45, 7) is 2.40. The molecule has 3 rings (SSSR count). The summed E-state index contributed by atoms with van der Waals surface area (Å²) in [4.78, 5) is 12.7. The number of halogens is 1. The van der Waals surface area contributed by atoms with Crippen LogP contribution in [0.2, 0.25) is 0 Å². The normalized spacial score (nSPS) is 10.9. The summed E-state index contributed by atoms with van der Waals surface area (Å²) >= 11 is 3.48. The molecule has 29 heavy (non-hydrogen) atoms. The van der Waals surface area contributed by atoms with Crippen molar-refractivity contribution in [2.24, 2.45) is 5.10 Å². The van der Waals surface area contributed by atoms with Gasteiger partial charge >= 0.3 is 0 Å². The quantitative estimate of drug-likeness (QED) is 0.410.